The molecule has 0 aromatic carbocycles. The number of thiophene rings is 1. The topological polar surface area (TPSA) is 68.0 Å². The van der Waals surface area contributed by atoms with E-state index in [1.54, 1.807) is 11.3 Å². The van der Waals surface area contributed by atoms with Crippen LogP contribution in [0.4, 0.5) is 0 Å². The van der Waals surface area contributed by atoms with E-state index in [1.165, 1.54) is 4.88 Å². The second-order valence-electron chi connectivity index (χ2n) is 4.99. The lowest BCUT2D eigenvalue weighted by atomic mass is 10.2. The van der Waals surface area contributed by atoms with Crippen molar-refractivity contribution in [3.63, 3.8) is 0 Å². The number of amides is 1. The molecule has 6 heteroatoms. The van der Waals surface area contributed by atoms with Gasteiger partial charge in [-0.3, -0.25) is 4.79 Å². The molecular weight excluding hydrogens is 274 g/mol. The Labute approximate surface area is 122 Å². The van der Waals surface area contributed by atoms with E-state index in [-0.39, 0.29) is 11.8 Å². The van der Waals surface area contributed by atoms with Gasteiger partial charge in [0.1, 0.15) is 0 Å². The normalized spacial score (nSPS) is 11.0. The number of nitrogens with zero attached hydrogens (tertiary/aromatic N) is 2. The van der Waals surface area contributed by atoms with Crippen LogP contribution >= 0.6 is 11.3 Å². The summed E-state index contributed by atoms with van der Waals surface area (Å²) in [6.45, 7) is 6.64. The molecule has 0 saturated heterocycles. The summed E-state index contributed by atoms with van der Waals surface area (Å²) >= 11 is 1.70. The van der Waals surface area contributed by atoms with Crippen LogP contribution in [0, 0.1) is 6.92 Å². The number of aromatic nitrogens is 2. The fraction of sp³-hybridized carbons (Fsp3) is 0.500. The highest BCUT2D eigenvalue weighted by molar-refractivity contribution is 7.11. The monoisotopic (exact) mass is 293 g/mol. The van der Waals surface area contributed by atoms with Gasteiger partial charge in [-0.2, -0.15) is 4.98 Å². The maximum atomic E-state index is 11.7. The third-order valence-corrected chi connectivity index (χ3v) is 3.82. The molecule has 0 radical (unpaired) electrons. The molecule has 0 aliphatic heterocycles. The van der Waals surface area contributed by atoms with Gasteiger partial charge in [-0.25, -0.2) is 0 Å². The predicted molar refractivity (Wildman–Crippen MR) is 77.6 cm³/mol. The highest BCUT2D eigenvalue weighted by atomic mass is 32.1. The van der Waals surface area contributed by atoms with Crippen molar-refractivity contribution < 1.29 is 9.32 Å². The quantitative estimate of drug-likeness (QED) is 0.889. The van der Waals surface area contributed by atoms with Crippen LogP contribution in [-0.4, -0.2) is 16.0 Å². The second kappa shape index (κ2) is 6.65. The lowest BCUT2D eigenvalue weighted by Crippen LogP contribution is -2.22. The summed E-state index contributed by atoms with van der Waals surface area (Å²) in [6.07, 6.45) is 0.846. The molecule has 0 spiro atoms. The molecule has 2 rings (SSSR count). The standard InChI is InChI=1S/C14H19N3O2S/c1-9(2)14-16-13(19-17-14)7-6-12(18)15-8-11-5-4-10(3)20-11/h4-5,9H,6-8H2,1-3H3,(H,15,18). The van der Waals surface area contributed by atoms with Crippen LogP contribution in [-0.2, 0) is 17.8 Å². The van der Waals surface area contributed by atoms with Crippen LogP contribution < -0.4 is 5.32 Å². The summed E-state index contributed by atoms with van der Waals surface area (Å²) in [5.41, 5.74) is 0. The highest BCUT2D eigenvalue weighted by Gasteiger charge is 2.11. The Morgan fingerprint density at radius 2 is 2.25 bits per heavy atom. The van der Waals surface area contributed by atoms with E-state index in [1.807, 2.05) is 19.9 Å². The molecule has 1 N–H and O–H groups in total. The highest BCUT2D eigenvalue weighted by Crippen LogP contribution is 2.14. The minimum Gasteiger partial charge on any atom is -0.351 e. The van der Waals surface area contributed by atoms with Gasteiger partial charge in [0.2, 0.25) is 11.8 Å². The molecule has 1 amide bonds. The van der Waals surface area contributed by atoms with Crippen molar-refractivity contribution in [3.05, 3.63) is 33.6 Å². The van der Waals surface area contributed by atoms with Crippen molar-refractivity contribution in [2.45, 2.75) is 46.1 Å². The smallest absolute Gasteiger partial charge is 0.227 e. The SMILES string of the molecule is Cc1ccc(CNC(=O)CCc2nc(C(C)C)no2)s1. The average Bonchev–Trinajstić information content (AvgIpc) is 3.03. The van der Waals surface area contributed by atoms with Gasteiger partial charge < -0.3 is 9.84 Å². The largest absolute Gasteiger partial charge is 0.351 e. The van der Waals surface area contributed by atoms with Gasteiger partial charge in [0.15, 0.2) is 5.82 Å². The van der Waals surface area contributed by atoms with Crippen LogP contribution in [0.25, 0.3) is 0 Å². The van der Waals surface area contributed by atoms with E-state index < -0.39 is 0 Å². The number of aryl methyl sites for hydroxylation is 2. The van der Waals surface area contributed by atoms with Crippen molar-refractivity contribution in [3.8, 4) is 0 Å². The first-order valence-electron chi connectivity index (χ1n) is 6.69. The molecule has 5 nitrogen and oxygen atoms in total. The molecule has 2 aromatic rings. The second-order valence-corrected chi connectivity index (χ2v) is 6.36. The lowest BCUT2D eigenvalue weighted by molar-refractivity contribution is -0.121. The van der Waals surface area contributed by atoms with Gasteiger partial charge in [-0.05, 0) is 19.1 Å². The summed E-state index contributed by atoms with van der Waals surface area (Å²) in [4.78, 5) is 18.4. The van der Waals surface area contributed by atoms with Crippen molar-refractivity contribution >= 4 is 17.2 Å². The number of hydrogen-bond donors (Lipinski definition) is 1. The first-order valence-corrected chi connectivity index (χ1v) is 7.50. The maximum Gasteiger partial charge on any atom is 0.227 e. The molecule has 2 heterocycles. The number of rotatable bonds is 6. The molecule has 20 heavy (non-hydrogen) atoms. The third-order valence-electron chi connectivity index (χ3n) is 2.82. The molecule has 0 aliphatic rings. The zero-order valence-electron chi connectivity index (χ0n) is 12.0. The Bertz CT molecular complexity index is 574. The summed E-state index contributed by atoms with van der Waals surface area (Å²) in [5, 5.41) is 6.77. The molecule has 0 saturated carbocycles. The molecule has 0 bridgehead atoms. The lowest BCUT2D eigenvalue weighted by Gasteiger charge is -2.01. The third kappa shape index (κ3) is 4.16. The van der Waals surface area contributed by atoms with Crippen LogP contribution in [0.15, 0.2) is 16.7 Å². The Balaban J connectivity index is 1.74. The van der Waals surface area contributed by atoms with E-state index >= 15 is 0 Å². The summed E-state index contributed by atoms with van der Waals surface area (Å²) in [5.74, 6) is 1.45. The van der Waals surface area contributed by atoms with E-state index in [0.717, 1.165) is 4.88 Å². The molecule has 0 aliphatic carbocycles. The van der Waals surface area contributed by atoms with Gasteiger partial charge in [0.25, 0.3) is 0 Å². The van der Waals surface area contributed by atoms with Crippen molar-refractivity contribution in [2.75, 3.05) is 0 Å². The van der Waals surface area contributed by atoms with Crippen molar-refractivity contribution in [2.24, 2.45) is 0 Å². The Hall–Kier alpha value is -1.69. The van der Waals surface area contributed by atoms with Gasteiger partial charge in [-0.15, -0.1) is 11.3 Å². The zero-order valence-corrected chi connectivity index (χ0v) is 12.8. The predicted octanol–water partition coefficient (Wildman–Crippen LogP) is 2.81. The van der Waals surface area contributed by atoms with E-state index in [9.17, 15) is 4.79 Å². The molecular formula is C14H19N3O2S. The van der Waals surface area contributed by atoms with Crippen molar-refractivity contribution in [1.82, 2.24) is 15.5 Å². The first kappa shape index (κ1) is 14.7. The molecule has 108 valence electrons. The Morgan fingerprint density at radius 3 is 2.85 bits per heavy atom. The number of carbonyl (C=O) groups is 1. The summed E-state index contributed by atoms with van der Waals surface area (Å²) < 4.78 is 5.10. The van der Waals surface area contributed by atoms with Crippen molar-refractivity contribution in [1.29, 1.82) is 0 Å². The number of carbonyl (C=O) groups excluding carboxylic acids is 1. The fourth-order valence-electron chi connectivity index (χ4n) is 1.68. The number of nitrogens with one attached hydrogen (secondary N) is 1. The van der Waals surface area contributed by atoms with E-state index in [2.05, 4.69) is 28.4 Å². The Kier molecular flexibility index (Phi) is 4.89. The number of hydrogen-bond acceptors (Lipinski definition) is 5. The van der Waals surface area contributed by atoms with Gasteiger partial charge in [0, 0.05) is 28.5 Å². The Morgan fingerprint density at radius 1 is 1.45 bits per heavy atom. The van der Waals surface area contributed by atoms with E-state index in [4.69, 9.17) is 4.52 Å². The van der Waals surface area contributed by atoms with Crippen LogP contribution in [0.5, 0.6) is 0 Å². The summed E-state index contributed by atoms with van der Waals surface area (Å²) in [6, 6.07) is 4.09. The van der Waals surface area contributed by atoms with E-state index in [0.29, 0.717) is 31.1 Å². The molecule has 0 fully saturated rings. The van der Waals surface area contributed by atoms with Crippen LogP contribution in [0.1, 0.15) is 47.7 Å². The van der Waals surface area contributed by atoms with Crippen LogP contribution in [0.2, 0.25) is 0 Å². The average molecular weight is 293 g/mol. The molecule has 0 unspecified atom stereocenters. The minimum atomic E-state index is 0.000324. The van der Waals surface area contributed by atoms with Gasteiger partial charge in [0.05, 0.1) is 6.54 Å². The van der Waals surface area contributed by atoms with Crippen LogP contribution in [0.3, 0.4) is 0 Å². The first-order chi connectivity index (χ1) is 9.54. The van der Waals surface area contributed by atoms with Gasteiger partial charge >= 0.3 is 0 Å². The van der Waals surface area contributed by atoms with Gasteiger partial charge in [-0.1, -0.05) is 19.0 Å². The fourth-order valence-corrected chi connectivity index (χ4v) is 2.51. The molecule has 2 aromatic heterocycles. The minimum absolute atomic E-state index is 0.000324. The maximum absolute atomic E-state index is 11.7. The zero-order chi connectivity index (χ0) is 14.5. The summed E-state index contributed by atoms with van der Waals surface area (Å²) in [7, 11) is 0. The molecule has 0 atom stereocenters.